The highest BCUT2D eigenvalue weighted by Crippen LogP contribution is 2.20. The summed E-state index contributed by atoms with van der Waals surface area (Å²) >= 11 is 0. The number of aryl methyl sites for hydroxylation is 2. The second-order valence-corrected chi connectivity index (χ2v) is 9.76. The number of benzene rings is 2. The third-order valence-electron chi connectivity index (χ3n) is 4.82. The molecule has 9 heteroatoms. The third-order valence-corrected chi connectivity index (χ3v) is 6.13. The lowest BCUT2D eigenvalue weighted by molar-refractivity contribution is -0.755. The van der Waals surface area contributed by atoms with Crippen LogP contribution in [-0.2, 0) is 33.5 Å². The van der Waals surface area contributed by atoms with Gasteiger partial charge < -0.3 is 9.84 Å². The first-order chi connectivity index (χ1) is 14.6. The highest BCUT2D eigenvalue weighted by Gasteiger charge is 2.27. The Balaban J connectivity index is 1.37. The Kier molecular flexibility index (Phi) is 7.30. The monoisotopic (exact) mass is 448 g/mol. The molecule has 0 unspecified atom stereocenters. The van der Waals surface area contributed by atoms with Crippen molar-refractivity contribution < 1.29 is 27.1 Å². The minimum atomic E-state index is -3.61. The standard InChI is InChI=1S/C22H30N3O5S/c1-22(2,26)21-17-25(23-24(21)3)12-6-15-31(27,28)30-14-7-13-29-20-11-10-18-8-4-5-9-19(18)16-20/h4-5,8-11,16-17,26H,6-7,12-15H2,1-3H3/q+1. The Morgan fingerprint density at radius 3 is 2.55 bits per heavy atom. The van der Waals surface area contributed by atoms with E-state index in [4.69, 9.17) is 8.92 Å². The molecule has 0 spiro atoms. The van der Waals surface area contributed by atoms with Crippen LogP contribution in [0.25, 0.3) is 10.8 Å². The first kappa shape index (κ1) is 23.2. The maximum Gasteiger partial charge on any atom is 0.267 e. The maximum absolute atomic E-state index is 12.1. The van der Waals surface area contributed by atoms with E-state index < -0.39 is 15.7 Å². The van der Waals surface area contributed by atoms with Crippen molar-refractivity contribution in [3.05, 3.63) is 54.4 Å². The summed E-state index contributed by atoms with van der Waals surface area (Å²) in [5.41, 5.74) is -0.366. The zero-order valence-electron chi connectivity index (χ0n) is 18.2. The molecule has 3 rings (SSSR count). The second kappa shape index (κ2) is 9.76. The molecule has 168 valence electrons. The van der Waals surface area contributed by atoms with Crippen LogP contribution in [0, 0.1) is 0 Å². The fourth-order valence-corrected chi connectivity index (χ4v) is 4.26. The van der Waals surface area contributed by atoms with Crippen molar-refractivity contribution in [3.8, 4) is 5.75 Å². The number of nitrogens with zero attached hydrogens (tertiary/aromatic N) is 3. The maximum atomic E-state index is 12.1. The van der Waals surface area contributed by atoms with Crippen LogP contribution in [0.15, 0.2) is 48.7 Å². The lowest BCUT2D eigenvalue weighted by Crippen LogP contribution is -2.37. The Morgan fingerprint density at radius 2 is 1.84 bits per heavy atom. The van der Waals surface area contributed by atoms with E-state index >= 15 is 0 Å². The van der Waals surface area contributed by atoms with Gasteiger partial charge in [0.2, 0.25) is 0 Å². The number of rotatable bonds is 11. The molecule has 1 N–H and O–H groups in total. The number of aliphatic hydroxyl groups is 1. The van der Waals surface area contributed by atoms with Crippen LogP contribution in [0.4, 0.5) is 0 Å². The average Bonchev–Trinajstić information content (AvgIpc) is 3.08. The van der Waals surface area contributed by atoms with Gasteiger partial charge in [-0.1, -0.05) is 30.3 Å². The zero-order valence-corrected chi connectivity index (χ0v) is 19.0. The molecule has 0 saturated heterocycles. The van der Waals surface area contributed by atoms with Gasteiger partial charge in [-0.15, -0.1) is 9.36 Å². The Labute approximate surface area is 183 Å². The summed E-state index contributed by atoms with van der Waals surface area (Å²) in [4.78, 5) is 0. The molecule has 0 aliphatic rings. The van der Waals surface area contributed by atoms with Crippen LogP contribution >= 0.6 is 0 Å². The van der Waals surface area contributed by atoms with Crippen molar-refractivity contribution in [1.82, 2.24) is 9.90 Å². The van der Waals surface area contributed by atoms with Gasteiger partial charge >= 0.3 is 0 Å². The van der Waals surface area contributed by atoms with Crippen LogP contribution in [0.1, 0.15) is 32.4 Å². The van der Waals surface area contributed by atoms with Gasteiger partial charge in [0.15, 0.2) is 11.9 Å². The van der Waals surface area contributed by atoms with E-state index in [1.165, 1.54) is 0 Å². The summed E-state index contributed by atoms with van der Waals surface area (Å²) in [7, 11) is -1.87. The molecule has 0 bridgehead atoms. The lowest BCUT2D eigenvalue weighted by Gasteiger charge is -2.11. The fraction of sp³-hybridized carbons (Fsp3) is 0.455. The Hall–Kier alpha value is -2.49. The second-order valence-electron chi connectivity index (χ2n) is 8.00. The van der Waals surface area contributed by atoms with Gasteiger partial charge in [-0.05, 0) is 36.8 Å². The van der Waals surface area contributed by atoms with Crippen LogP contribution < -0.4 is 9.42 Å². The van der Waals surface area contributed by atoms with Gasteiger partial charge in [0, 0.05) is 12.8 Å². The highest BCUT2D eigenvalue weighted by atomic mass is 32.2. The summed E-state index contributed by atoms with van der Waals surface area (Å²) in [5.74, 6) is 0.652. The molecule has 0 radical (unpaired) electrons. The minimum absolute atomic E-state index is 0.0789. The molecule has 31 heavy (non-hydrogen) atoms. The van der Waals surface area contributed by atoms with Gasteiger partial charge in [0.05, 0.1) is 24.2 Å². The van der Waals surface area contributed by atoms with E-state index in [0.717, 1.165) is 16.5 Å². The van der Waals surface area contributed by atoms with E-state index in [0.29, 0.717) is 31.7 Å². The molecule has 0 fully saturated rings. The summed E-state index contributed by atoms with van der Waals surface area (Å²) in [6, 6.07) is 13.9. The first-order valence-electron chi connectivity index (χ1n) is 10.3. The zero-order chi connectivity index (χ0) is 22.5. The largest absolute Gasteiger partial charge is 0.493 e. The van der Waals surface area contributed by atoms with Crippen LogP contribution in [-0.4, -0.2) is 42.4 Å². The molecule has 0 aliphatic carbocycles. The molecular formula is C22H30N3O5S+. The van der Waals surface area contributed by atoms with Crippen molar-refractivity contribution in [2.24, 2.45) is 7.05 Å². The molecule has 0 atom stereocenters. The lowest BCUT2D eigenvalue weighted by atomic mass is 10.1. The van der Waals surface area contributed by atoms with Crippen molar-refractivity contribution in [2.45, 2.75) is 38.8 Å². The van der Waals surface area contributed by atoms with Crippen LogP contribution in [0.3, 0.4) is 0 Å². The van der Waals surface area contributed by atoms with E-state index in [9.17, 15) is 13.5 Å². The minimum Gasteiger partial charge on any atom is -0.493 e. The normalized spacial score (nSPS) is 12.4. The van der Waals surface area contributed by atoms with E-state index in [2.05, 4.69) is 5.21 Å². The Morgan fingerprint density at radius 1 is 1.10 bits per heavy atom. The highest BCUT2D eigenvalue weighted by molar-refractivity contribution is 7.86. The van der Waals surface area contributed by atoms with Crippen LogP contribution in [0.2, 0.25) is 0 Å². The smallest absolute Gasteiger partial charge is 0.267 e. The van der Waals surface area contributed by atoms with Gasteiger partial charge in [-0.25, -0.2) is 0 Å². The van der Waals surface area contributed by atoms with Crippen molar-refractivity contribution in [2.75, 3.05) is 19.0 Å². The summed E-state index contributed by atoms with van der Waals surface area (Å²) in [6.45, 7) is 4.22. The van der Waals surface area contributed by atoms with Gasteiger partial charge in [-0.3, -0.25) is 4.18 Å². The number of fused-ring (bicyclic) bond motifs is 1. The Bertz CT molecular complexity index is 1120. The van der Waals surface area contributed by atoms with Crippen molar-refractivity contribution in [1.29, 1.82) is 0 Å². The molecular weight excluding hydrogens is 418 g/mol. The van der Waals surface area contributed by atoms with E-state index in [-0.39, 0.29) is 12.4 Å². The van der Waals surface area contributed by atoms with E-state index in [1.807, 2.05) is 42.5 Å². The SMILES string of the molecule is Cn1n[n+](CCCS(=O)(=O)OCCCOc2ccc3ccccc3c2)cc1C(C)(C)O. The van der Waals surface area contributed by atoms with E-state index in [1.54, 1.807) is 36.5 Å². The number of hydrogen-bond donors (Lipinski definition) is 1. The molecule has 1 heterocycles. The van der Waals surface area contributed by atoms with Crippen LogP contribution in [0.5, 0.6) is 5.75 Å². The van der Waals surface area contributed by atoms with Crippen molar-refractivity contribution >= 4 is 20.9 Å². The topological polar surface area (TPSA) is 94.5 Å². The molecule has 2 aromatic carbocycles. The molecule has 0 amide bonds. The quantitative estimate of drug-likeness (QED) is 0.275. The summed E-state index contributed by atoms with van der Waals surface area (Å²) in [5, 5.41) is 16.6. The summed E-state index contributed by atoms with van der Waals surface area (Å²) < 4.78 is 38.2. The molecule has 8 nitrogen and oxygen atoms in total. The predicted molar refractivity (Wildman–Crippen MR) is 117 cm³/mol. The molecule has 0 aliphatic heterocycles. The van der Waals surface area contributed by atoms with Gasteiger partial charge in [-0.2, -0.15) is 8.42 Å². The van der Waals surface area contributed by atoms with Gasteiger partial charge in [0.1, 0.15) is 24.9 Å². The fourth-order valence-electron chi connectivity index (χ4n) is 3.29. The average molecular weight is 449 g/mol. The first-order valence-corrected chi connectivity index (χ1v) is 11.9. The summed E-state index contributed by atoms with van der Waals surface area (Å²) in [6.07, 6.45) is 2.55. The van der Waals surface area contributed by atoms with Gasteiger partial charge in [0.25, 0.3) is 10.1 Å². The molecule has 0 saturated carbocycles. The number of aromatic nitrogens is 3. The number of ether oxygens (including phenoxy) is 1. The third kappa shape index (κ3) is 6.75. The van der Waals surface area contributed by atoms with Crippen molar-refractivity contribution in [3.63, 3.8) is 0 Å². The predicted octanol–water partition coefficient (Wildman–Crippen LogP) is 2.29. The molecule has 1 aromatic heterocycles. The molecule has 3 aromatic rings. The number of hydrogen-bond acceptors (Lipinski definition) is 6.